The Bertz CT molecular complexity index is 651. The van der Waals surface area contributed by atoms with Crippen molar-refractivity contribution in [1.82, 2.24) is 19.7 Å². The van der Waals surface area contributed by atoms with E-state index >= 15 is 0 Å². The molecule has 0 amide bonds. The Morgan fingerprint density at radius 2 is 2.05 bits per heavy atom. The van der Waals surface area contributed by atoms with Crippen LogP contribution in [0.1, 0.15) is 10.7 Å². The van der Waals surface area contributed by atoms with Crippen LogP contribution in [0.2, 0.25) is 0 Å². The fraction of sp³-hybridized carbons (Fsp3) is 0.300. The Balaban J connectivity index is 1.96. The predicted octanol–water partition coefficient (Wildman–Crippen LogP) is 0.345. The first-order valence-corrected chi connectivity index (χ1v) is 7.82. The minimum Gasteiger partial charge on any atom is -0.368 e. The molecule has 2 aromatic rings. The zero-order valence-electron chi connectivity index (χ0n) is 10.2. The van der Waals surface area contributed by atoms with Crippen LogP contribution in [0, 0.1) is 6.92 Å². The third-order valence-electron chi connectivity index (χ3n) is 2.26. The van der Waals surface area contributed by atoms with E-state index in [0.717, 1.165) is 10.7 Å². The Hall–Kier alpha value is -1.58. The first kappa shape index (κ1) is 13.8. The molecule has 7 nitrogen and oxygen atoms in total. The van der Waals surface area contributed by atoms with Gasteiger partial charge in [0.2, 0.25) is 16.0 Å². The number of thiazole rings is 1. The summed E-state index contributed by atoms with van der Waals surface area (Å²) in [6, 6.07) is 0. The zero-order chi connectivity index (χ0) is 13.9. The van der Waals surface area contributed by atoms with E-state index in [1.165, 1.54) is 23.7 Å². The molecule has 102 valence electrons. The fourth-order valence-corrected chi connectivity index (χ4v) is 3.05. The molecular formula is C10H13N5O2S2. The lowest BCUT2D eigenvalue weighted by Crippen LogP contribution is -2.26. The molecule has 0 fully saturated rings. The highest BCUT2D eigenvalue weighted by molar-refractivity contribution is 7.89. The smallest absolute Gasteiger partial charge is 0.243 e. The Kier molecular flexibility index (Phi) is 4.08. The molecule has 19 heavy (non-hydrogen) atoms. The molecular weight excluding hydrogens is 286 g/mol. The van der Waals surface area contributed by atoms with E-state index in [-0.39, 0.29) is 17.4 Å². The molecule has 9 heteroatoms. The normalized spacial score (nSPS) is 11.6. The van der Waals surface area contributed by atoms with Crippen LogP contribution in [0.25, 0.3) is 0 Å². The second-order valence-corrected chi connectivity index (χ2v) is 6.52. The molecule has 0 aromatic carbocycles. The highest BCUT2D eigenvalue weighted by Crippen LogP contribution is 2.10. The number of aromatic nitrogens is 3. The highest BCUT2D eigenvalue weighted by atomic mass is 32.2. The van der Waals surface area contributed by atoms with E-state index in [4.69, 9.17) is 5.73 Å². The van der Waals surface area contributed by atoms with E-state index in [0.29, 0.717) is 6.42 Å². The molecule has 0 saturated heterocycles. The molecule has 0 aliphatic carbocycles. The Morgan fingerprint density at radius 3 is 2.63 bits per heavy atom. The lowest BCUT2D eigenvalue weighted by molar-refractivity contribution is 0.580. The molecule has 3 N–H and O–H groups in total. The molecule has 0 spiro atoms. The average Bonchev–Trinajstić information content (AvgIpc) is 2.75. The maximum atomic E-state index is 11.9. The molecule has 0 bridgehead atoms. The van der Waals surface area contributed by atoms with E-state index in [9.17, 15) is 8.42 Å². The van der Waals surface area contributed by atoms with Crippen molar-refractivity contribution in [2.45, 2.75) is 18.2 Å². The van der Waals surface area contributed by atoms with Gasteiger partial charge < -0.3 is 5.73 Å². The molecule has 0 radical (unpaired) electrons. The summed E-state index contributed by atoms with van der Waals surface area (Å²) in [6.07, 6.45) is 2.91. The summed E-state index contributed by atoms with van der Waals surface area (Å²) in [7, 11) is -3.59. The van der Waals surface area contributed by atoms with Gasteiger partial charge in [0.05, 0.1) is 17.4 Å². The van der Waals surface area contributed by atoms with Gasteiger partial charge in [-0.15, -0.1) is 11.3 Å². The first-order valence-electron chi connectivity index (χ1n) is 5.45. The van der Waals surface area contributed by atoms with Crippen LogP contribution >= 0.6 is 11.3 Å². The number of rotatable bonds is 5. The zero-order valence-corrected chi connectivity index (χ0v) is 11.8. The van der Waals surface area contributed by atoms with Crippen molar-refractivity contribution in [3.63, 3.8) is 0 Å². The van der Waals surface area contributed by atoms with Crippen LogP contribution in [-0.2, 0) is 16.4 Å². The molecule has 2 rings (SSSR count). The topological polar surface area (TPSA) is 111 Å². The van der Waals surface area contributed by atoms with Crippen LogP contribution in [0.3, 0.4) is 0 Å². The number of hydrogen-bond acceptors (Lipinski definition) is 7. The monoisotopic (exact) mass is 299 g/mol. The van der Waals surface area contributed by atoms with Crippen molar-refractivity contribution in [2.24, 2.45) is 0 Å². The number of aryl methyl sites for hydroxylation is 1. The molecule has 2 heterocycles. The first-order chi connectivity index (χ1) is 8.97. The van der Waals surface area contributed by atoms with Gasteiger partial charge in [0.15, 0.2) is 0 Å². The van der Waals surface area contributed by atoms with E-state index in [1.807, 2.05) is 12.3 Å². The Labute approximate surface area is 115 Å². The predicted molar refractivity (Wildman–Crippen MR) is 72.2 cm³/mol. The molecule has 0 unspecified atom stereocenters. The van der Waals surface area contributed by atoms with Gasteiger partial charge in [-0.1, -0.05) is 0 Å². The number of hydrogen-bond donors (Lipinski definition) is 2. The quantitative estimate of drug-likeness (QED) is 0.824. The number of nitrogen functional groups attached to an aromatic ring is 1. The molecule has 0 aliphatic heterocycles. The second-order valence-electron chi connectivity index (χ2n) is 3.81. The maximum Gasteiger partial charge on any atom is 0.243 e. The van der Waals surface area contributed by atoms with Crippen molar-refractivity contribution in [2.75, 3.05) is 12.3 Å². The van der Waals surface area contributed by atoms with Crippen molar-refractivity contribution in [1.29, 1.82) is 0 Å². The number of sulfonamides is 1. The third-order valence-corrected chi connectivity index (χ3v) is 4.70. The lowest BCUT2D eigenvalue weighted by atomic mass is 10.4. The number of nitrogens with one attached hydrogen (secondary N) is 1. The van der Waals surface area contributed by atoms with E-state index < -0.39 is 10.0 Å². The van der Waals surface area contributed by atoms with Gasteiger partial charge >= 0.3 is 0 Å². The minimum absolute atomic E-state index is 0.00276. The molecule has 0 atom stereocenters. The maximum absolute atomic E-state index is 11.9. The van der Waals surface area contributed by atoms with Crippen molar-refractivity contribution < 1.29 is 8.42 Å². The van der Waals surface area contributed by atoms with Crippen molar-refractivity contribution in [3.8, 4) is 0 Å². The largest absolute Gasteiger partial charge is 0.368 e. The summed E-state index contributed by atoms with van der Waals surface area (Å²) in [5.74, 6) is 0.0391. The van der Waals surface area contributed by atoms with E-state index in [2.05, 4.69) is 19.7 Å². The van der Waals surface area contributed by atoms with Crippen LogP contribution < -0.4 is 10.5 Å². The summed E-state index contributed by atoms with van der Waals surface area (Å²) in [5, 5.41) is 2.83. The van der Waals surface area contributed by atoms with Crippen LogP contribution in [0.15, 0.2) is 22.7 Å². The lowest BCUT2D eigenvalue weighted by Gasteiger charge is -2.04. The molecule has 0 saturated carbocycles. The summed E-state index contributed by atoms with van der Waals surface area (Å²) < 4.78 is 26.3. The van der Waals surface area contributed by atoms with Crippen molar-refractivity contribution >= 4 is 27.3 Å². The molecule has 0 aliphatic rings. The Morgan fingerprint density at radius 1 is 1.37 bits per heavy atom. The van der Waals surface area contributed by atoms with Crippen LogP contribution in [0.4, 0.5) is 5.95 Å². The highest BCUT2D eigenvalue weighted by Gasteiger charge is 2.14. The average molecular weight is 299 g/mol. The fourth-order valence-electron chi connectivity index (χ4n) is 1.36. The number of nitrogens with two attached hydrogens (primary N) is 1. The second kappa shape index (κ2) is 5.59. The van der Waals surface area contributed by atoms with Crippen molar-refractivity contribution in [3.05, 3.63) is 28.5 Å². The van der Waals surface area contributed by atoms with Gasteiger partial charge in [-0.3, -0.25) is 0 Å². The van der Waals surface area contributed by atoms with Gasteiger partial charge in [-0.05, 0) is 6.92 Å². The van der Waals surface area contributed by atoms with Gasteiger partial charge in [0.25, 0.3) is 0 Å². The summed E-state index contributed by atoms with van der Waals surface area (Å²) in [4.78, 5) is 11.6. The number of anilines is 1. The standard InChI is InChI=1S/C10H13N5O2S2/c1-7-6-18-9(15-7)2-3-14-19(16,17)8-4-12-10(11)13-5-8/h4-6,14H,2-3H2,1H3,(H2,11,12,13). The van der Waals surface area contributed by atoms with Gasteiger partial charge in [0.1, 0.15) is 4.90 Å². The minimum atomic E-state index is -3.59. The van der Waals surface area contributed by atoms with Gasteiger partial charge in [-0.25, -0.2) is 28.1 Å². The summed E-state index contributed by atoms with van der Waals surface area (Å²) in [6.45, 7) is 2.18. The number of nitrogens with zero attached hydrogens (tertiary/aromatic N) is 3. The van der Waals surface area contributed by atoms with Gasteiger partial charge in [0, 0.05) is 24.0 Å². The third kappa shape index (κ3) is 3.69. The summed E-state index contributed by atoms with van der Waals surface area (Å²) >= 11 is 1.51. The van der Waals surface area contributed by atoms with E-state index in [1.54, 1.807) is 0 Å². The summed E-state index contributed by atoms with van der Waals surface area (Å²) in [5.41, 5.74) is 6.24. The van der Waals surface area contributed by atoms with Crippen LogP contribution in [0.5, 0.6) is 0 Å². The SMILES string of the molecule is Cc1csc(CCNS(=O)(=O)c2cnc(N)nc2)n1. The van der Waals surface area contributed by atoms with Crippen LogP contribution in [-0.4, -0.2) is 29.9 Å². The van der Waals surface area contributed by atoms with Gasteiger partial charge in [-0.2, -0.15) is 0 Å². The molecule has 2 aromatic heterocycles.